The Morgan fingerprint density at radius 1 is 0.588 bits per heavy atom. The molecule has 0 amide bonds. The van der Waals surface area contributed by atoms with Gasteiger partial charge in [0.05, 0.1) is 33.5 Å². The van der Waals surface area contributed by atoms with Gasteiger partial charge in [0.25, 0.3) is 0 Å². The molecule has 0 fully saturated rings. The van der Waals surface area contributed by atoms with E-state index in [2.05, 4.69) is 11.1 Å². The molecule has 0 rings (SSSR count). The molecule has 0 radical (unpaired) electrons. The predicted octanol–water partition coefficient (Wildman–Crippen LogP) is 4.13. The van der Waals surface area contributed by atoms with E-state index in [0.717, 1.165) is 20.1 Å². The van der Waals surface area contributed by atoms with Crippen LogP contribution in [0.4, 0.5) is 0 Å². The van der Waals surface area contributed by atoms with Crippen LogP contribution < -0.4 is 0 Å². The smallest absolute Gasteiger partial charge is 0.217 e. The minimum Gasteiger partial charge on any atom is -0.726 e. The highest BCUT2D eigenvalue weighted by Crippen LogP contribution is 2.15. The van der Waals surface area contributed by atoms with E-state index >= 15 is 0 Å². The summed E-state index contributed by atoms with van der Waals surface area (Å²) in [5, 5.41) is 27.9. The molecular formula is C25H55NO7S. The summed E-state index contributed by atoms with van der Waals surface area (Å²) < 4.78 is 31.7. The summed E-state index contributed by atoms with van der Waals surface area (Å²) >= 11 is 0. The molecule has 0 aromatic heterocycles. The number of hydrogen-bond acceptors (Lipinski definition) is 7. The first-order valence-electron chi connectivity index (χ1n) is 13.5. The van der Waals surface area contributed by atoms with Crippen molar-refractivity contribution in [3.05, 3.63) is 0 Å². The molecular weight excluding hydrogens is 458 g/mol. The third-order valence-corrected chi connectivity index (χ3v) is 6.82. The maximum atomic E-state index is 9.31. The summed E-state index contributed by atoms with van der Waals surface area (Å²) in [6, 6.07) is 0. The molecule has 0 unspecified atom stereocenters. The quantitative estimate of drug-likeness (QED) is 0.0766. The standard InChI is InChI=1S/C24H52NO3.CH4O4S/c1-2-3-4-5-6-7-8-9-10-11-12-13-14-15-16-17-18-25(19-22-26,20-23-27)21-24-28;1-5-6(2,3)4/h26-28H,2-24H2,1H3;1H3,(H,2,3,4)/q+1;/p-1. The lowest BCUT2D eigenvalue weighted by Crippen LogP contribution is -2.53. The van der Waals surface area contributed by atoms with Gasteiger partial charge in [-0.25, -0.2) is 8.42 Å². The molecule has 0 aliphatic rings. The number of rotatable bonds is 24. The summed E-state index contributed by atoms with van der Waals surface area (Å²) in [5.74, 6) is 0. The lowest BCUT2D eigenvalue weighted by atomic mass is 10.0. The second-order valence-electron chi connectivity index (χ2n) is 9.29. The van der Waals surface area contributed by atoms with E-state index in [4.69, 9.17) is 0 Å². The van der Waals surface area contributed by atoms with Gasteiger partial charge in [0.1, 0.15) is 19.6 Å². The summed E-state index contributed by atoms with van der Waals surface area (Å²) in [6.45, 7) is 5.53. The number of aliphatic hydroxyl groups is 3. The van der Waals surface area contributed by atoms with E-state index in [9.17, 15) is 28.3 Å². The van der Waals surface area contributed by atoms with E-state index < -0.39 is 10.4 Å². The van der Waals surface area contributed by atoms with Crippen molar-refractivity contribution in [2.75, 3.05) is 53.1 Å². The van der Waals surface area contributed by atoms with Crippen LogP contribution >= 0.6 is 0 Å². The summed E-state index contributed by atoms with van der Waals surface area (Å²) in [7, 11) is -3.60. The van der Waals surface area contributed by atoms with Gasteiger partial charge in [-0.05, 0) is 12.8 Å². The normalized spacial score (nSPS) is 11.9. The zero-order valence-electron chi connectivity index (χ0n) is 22.1. The van der Waals surface area contributed by atoms with Gasteiger partial charge < -0.3 is 24.4 Å². The lowest BCUT2D eigenvalue weighted by molar-refractivity contribution is -0.929. The molecule has 0 heterocycles. The highest BCUT2D eigenvalue weighted by molar-refractivity contribution is 7.80. The Bertz CT molecular complexity index is 486. The zero-order valence-corrected chi connectivity index (χ0v) is 22.9. The molecule has 0 aromatic rings. The fourth-order valence-electron chi connectivity index (χ4n) is 4.30. The highest BCUT2D eigenvalue weighted by atomic mass is 32.3. The first-order valence-corrected chi connectivity index (χ1v) is 14.8. The van der Waals surface area contributed by atoms with Crippen molar-refractivity contribution in [3.63, 3.8) is 0 Å². The average Bonchev–Trinajstić information content (AvgIpc) is 2.79. The molecule has 0 aliphatic carbocycles. The monoisotopic (exact) mass is 513 g/mol. The van der Waals surface area contributed by atoms with E-state index in [0.29, 0.717) is 24.1 Å². The Hall–Kier alpha value is -0.290. The SMILES string of the molecule is CCCCCCCCCCCCCCCCCC[N+](CCO)(CCO)CCO.COS(=O)(=O)[O-]. The molecule has 0 aliphatic heterocycles. The van der Waals surface area contributed by atoms with Crippen molar-refractivity contribution in [1.29, 1.82) is 0 Å². The molecule has 3 N–H and O–H groups in total. The number of quaternary nitrogens is 1. The Morgan fingerprint density at radius 3 is 1.09 bits per heavy atom. The molecule has 0 aromatic carbocycles. The molecule has 208 valence electrons. The van der Waals surface area contributed by atoms with E-state index in [1.807, 2.05) is 0 Å². The first kappa shape index (κ1) is 35.9. The Labute approximate surface area is 210 Å². The van der Waals surface area contributed by atoms with Crippen molar-refractivity contribution < 1.29 is 37.0 Å². The van der Waals surface area contributed by atoms with Gasteiger partial charge in [0.15, 0.2) is 0 Å². The van der Waals surface area contributed by atoms with Crippen LogP contribution in [-0.4, -0.2) is 85.9 Å². The van der Waals surface area contributed by atoms with Gasteiger partial charge in [0.2, 0.25) is 10.4 Å². The van der Waals surface area contributed by atoms with Crippen LogP contribution in [-0.2, 0) is 14.6 Å². The number of unbranched alkanes of at least 4 members (excludes halogenated alkanes) is 15. The van der Waals surface area contributed by atoms with Gasteiger partial charge in [-0.15, -0.1) is 0 Å². The van der Waals surface area contributed by atoms with Crippen LogP contribution in [0.2, 0.25) is 0 Å². The minimum atomic E-state index is -4.41. The maximum Gasteiger partial charge on any atom is 0.217 e. The summed E-state index contributed by atoms with van der Waals surface area (Å²) in [4.78, 5) is 0. The van der Waals surface area contributed by atoms with Gasteiger partial charge >= 0.3 is 0 Å². The average molecular weight is 514 g/mol. The van der Waals surface area contributed by atoms with E-state index in [1.165, 1.54) is 96.3 Å². The molecule has 0 atom stereocenters. The summed E-state index contributed by atoms with van der Waals surface area (Å²) in [5.41, 5.74) is 0. The third kappa shape index (κ3) is 26.3. The molecule has 34 heavy (non-hydrogen) atoms. The predicted molar refractivity (Wildman–Crippen MR) is 137 cm³/mol. The van der Waals surface area contributed by atoms with Gasteiger partial charge in [-0.1, -0.05) is 96.8 Å². The highest BCUT2D eigenvalue weighted by Gasteiger charge is 2.25. The number of aliphatic hydroxyl groups excluding tert-OH is 3. The molecule has 0 bridgehead atoms. The van der Waals surface area contributed by atoms with Crippen LogP contribution in [0.5, 0.6) is 0 Å². The van der Waals surface area contributed by atoms with E-state index in [1.54, 1.807) is 0 Å². The van der Waals surface area contributed by atoms with Crippen LogP contribution in [0.15, 0.2) is 0 Å². The van der Waals surface area contributed by atoms with Gasteiger partial charge in [-0.3, -0.25) is 4.18 Å². The number of hydrogen-bond donors (Lipinski definition) is 3. The molecule has 8 nitrogen and oxygen atoms in total. The van der Waals surface area contributed by atoms with Crippen LogP contribution in [0.25, 0.3) is 0 Å². The van der Waals surface area contributed by atoms with Crippen molar-refractivity contribution in [1.82, 2.24) is 0 Å². The zero-order chi connectivity index (χ0) is 26.0. The van der Waals surface area contributed by atoms with Crippen molar-refractivity contribution in [2.24, 2.45) is 0 Å². The second-order valence-corrected chi connectivity index (χ2v) is 10.4. The van der Waals surface area contributed by atoms with Gasteiger partial charge in [-0.2, -0.15) is 0 Å². The van der Waals surface area contributed by atoms with Crippen molar-refractivity contribution >= 4 is 10.4 Å². The Kier molecular flexibility index (Phi) is 27.2. The fourth-order valence-corrected chi connectivity index (χ4v) is 4.30. The molecule has 9 heteroatoms. The van der Waals surface area contributed by atoms with Crippen LogP contribution in [0.1, 0.15) is 110 Å². The largest absolute Gasteiger partial charge is 0.726 e. The number of nitrogens with zero attached hydrogens (tertiary/aromatic N) is 1. The van der Waals surface area contributed by atoms with Crippen LogP contribution in [0, 0.1) is 0 Å². The van der Waals surface area contributed by atoms with Gasteiger partial charge in [0, 0.05) is 0 Å². The molecule has 0 saturated carbocycles. The summed E-state index contributed by atoms with van der Waals surface area (Å²) in [6.07, 6.45) is 21.9. The topological polar surface area (TPSA) is 127 Å². The Morgan fingerprint density at radius 2 is 0.853 bits per heavy atom. The first-order chi connectivity index (χ1) is 16.3. The fraction of sp³-hybridized carbons (Fsp3) is 1.00. The molecule has 0 spiro atoms. The lowest BCUT2D eigenvalue weighted by Gasteiger charge is -2.37. The Balaban J connectivity index is 0. The maximum absolute atomic E-state index is 9.31. The van der Waals surface area contributed by atoms with Crippen molar-refractivity contribution in [3.8, 4) is 0 Å². The third-order valence-electron chi connectivity index (χ3n) is 6.41. The second kappa shape index (κ2) is 25.8. The van der Waals surface area contributed by atoms with Crippen LogP contribution in [0.3, 0.4) is 0 Å². The molecule has 0 saturated heterocycles. The minimum absolute atomic E-state index is 0.124. The van der Waals surface area contributed by atoms with Crippen molar-refractivity contribution in [2.45, 2.75) is 110 Å². The van der Waals surface area contributed by atoms with E-state index in [-0.39, 0.29) is 19.8 Å².